The average molecular weight is 231 g/mol. The quantitative estimate of drug-likeness (QED) is 0.803. The first kappa shape index (κ1) is 11.4. The molecule has 1 N–H and O–H groups in total. The normalized spacial score (nSPS) is 10.5. The van der Waals surface area contributed by atoms with Crippen LogP contribution >= 0.6 is 0 Å². The Balaban J connectivity index is 2.19. The number of rotatable bonds is 5. The van der Waals surface area contributed by atoms with Crippen molar-refractivity contribution in [2.45, 2.75) is 26.9 Å². The molecule has 0 saturated carbocycles. The van der Waals surface area contributed by atoms with E-state index >= 15 is 0 Å². The van der Waals surface area contributed by atoms with Gasteiger partial charge in [0, 0.05) is 25.5 Å². The van der Waals surface area contributed by atoms with E-state index in [2.05, 4.69) is 28.9 Å². The molecule has 5 heteroatoms. The molecule has 90 valence electrons. The van der Waals surface area contributed by atoms with Crippen molar-refractivity contribution in [2.24, 2.45) is 0 Å². The van der Waals surface area contributed by atoms with Gasteiger partial charge in [0.1, 0.15) is 0 Å². The van der Waals surface area contributed by atoms with E-state index in [9.17, 15) is 0 Å². The smallest absolute Gasteiger partial charge is 0.207 e. The van der Waals surface area contributed by atoms with Crippen LogP contribution in [0.25, 0.3) is 0 Å². The molecule has 0 saturated heterocycles. The molecule has 17 heavy (non-hydrogen) atoms. The van der Waals surface area contributed by atoms with Crippen LogP contribution in [-0.2, 0) is 13.1 Å². The van der Waals surface area contributed by atoms with E-state index < -0.39 is 0 Å². The van der Waals surface area contributed by atoms with E-state index in [-0.39, 0.29) is 0 Å². The Hall–Kier alpha value is -2.04. The van der Waals surface area contributed by atoms with E-state index in [0.29, 0.717) is 0 Å². The molecule has 2 aromatic rings. The zero-order chi connectivity index (χ0) is 12.3. The topological polar surface area (TPSA) is 47.7 Å². The number of anilines is 2. The molecule has 0 fully saturated rings. The molecular weight excluding hydrogens is 214 g/mol. The predicted molar refractivity (Wildman–Crippen MR) is 68.3 cm³/mol. The molecule has 0 aliphatic rings. The van der Waals surface area contributed by atoms with Crippen LogP contribution in [0.2, 0.25) is 0 Å². The van der Waals surface area contributed by atoms with Crippen LogP contribution < -0.4 is 5.32 Å². The zero-order valence-corrected chi connectivity index (χ0v) is 10.2. The van der Waals surface area contributed by atoms with Gasteiger partial charge in [0.05, 0.1) is 17.6 Å². The summed E-state index contributed by atoms with van der Waals surface area (Å²) in [6.45, 7) is 9.37. The van der Waals surface area contributed by atoms with Gasteiger partial charge in [-0.1, -0.05) is 6.08 Å². The summed E-state index contributed by atoms with van der Waals surface area (Å²) in [4.78, 5) is 4.43. The third kappa shape index (κ3) is 2.55. The van der Waals surface area contributed by atoms with Gasteiger partial charge >= 0.3 is 0 Å². The van der Waals surface area contributed by atoms with Crippen LogP contribution in [0.5, 0.6) is 0 Å². The first-order valence-electron chi connectivity index (χ1n) is 5.67. The summed E-state index contributed by atoms with van der Waals surface area (Å²) in [6.07, 6.45) is 7.60. The SMILES string of the molecule is C=CCn1cc(C)nc1Nc1cnn(CC)c1. The van der Waals surface area contributed by atoms with E-state index in [4.69, 9.17) is 0 Å². The minimum Gasteiger partial charge on any atom is -0.323 e. The van der Waals surface area contributed by atoms with E-state index in [1.807, 2.05) is 34.6 Å². The first-order valence-corrected chi connectivity index (χ1v) is 5.67. The molecule has 0 radical (unpaired) electrons. The van der Waals surface area contributed by atoms with Crippen LogP contribution in [0.3, 0.4) is 0 Å². The predicted octanol–water partition coefficient (Wildman–Crippen LogP) is 2.34. The summed E-state index contributed by atoms with van der Waals surface area (Å²) in [5, 5.41) is 7.46. The van der Waals surface area contributed by atoms with Crippen LogP contribution in [0.1, 0.15) is 12.6 Å². The van der Waals surface area contributed by atoms with Crippen LogP contribution in [0.15, 0.2) is 31.2 Å². The van der Waals surface area contributed by atoms with Gasteiger partial charge in [-0.3, -0.25) is 4.68 Å². The molecule has 0 aliphatic heterocycles. The molecule has 5 nitrogen and oxygen atoms in total. The highest BCUT2D eigenvalue weighted by molar-refractivity contribution is 5.51. The third-order valence-corrected chi connectivity index (χ3v) is 2.44. The monoisotopic (exact) mass is 231 g/mol. The van der Waals surface area contributed by atoms with Crippen LogP contribution in [-0.4, -0.2) is 19.3 Å². The lowest BCUT2D eigenvalue weighted by Gasteiger charge is -2.05. The number of imidazole rings is 1. The number of hydrogen-bond acceptors (Lipinski definition) is 3. The Morgan fingerprint density at radius 1 is 1.47 bits per heavy atom. The molecule has 2 rings (SSSR count). The number of allylic oxidation sites excluding steroid dienone is 1. The largest absolute Gasteiger partial charge is 0.323 e. The van der Waals surface area contributed by atoms with Crippen molar-refractivity contribution in [3.8, 4) is 0 Å². The summed E-state index contributed by atoms with van der Waals surface area (Å²) in [6, 6.07) is 0. The fourth-order valence-corrected chi connectivity index (χ4v) is 1.65. The van der Waals surface area contributed by atoms with E-state index in [1.54, 1.807) is 6.20 Å². The maximum Gasteiger partial charge on any atom is 0.207 e. The van der Waals surface area contributed by atoms with Crippen molar-refractivity contribution in [3.63, 3.8) is 0 Å². The van der Waals surface area contributed by atoms with Gasteiger partial charge in [-0.15, -0.1) is 6.58 Å². The molecule has 2 aromatic heterocycles. The molecule has 0 unspecified atom stereocenters. The summed E-state index contributed by atoms with van der Waals surface area (Å²) >= 11 is 0. The van der Waals surface area contributed by atoms with Gasteiger partial charge in [0.25, 0.3) is 0 Å². The number of aryl methyl sites for hydroxylation is 2. The second kappa shape index (κ2) is 4.86. The van der Waals surface area contributed by atoms with Crippen molar-refractivity contribution >= 4 is 11.6 Å². The highest BCUT2D eigenvalue weighted by atomic mass is 15.3. The van der Waals surface area contributed by atoms with Crippen molar-refractivity contribution in [3.05, 3.63) is 36.9 Å². The highest BCUT2D eigenvalue weighted by Gasteiger charge is 2.05. The Labute approximate surface area is 101 Å². The lowest BCUT2D eigenvalue weighted by molar-refractivity contribution is 0.660. The Morgan fingerprint density at radius 2 is 2.29 bits per heavy atom. The summed E-state index contributed by atoms with van der Waals surface area (Å²) < 4.78 is 3.89. The zero-order valence-electron chi connectivity index (χ0n) is 10.2. The second-order valence-electron chi connectivity index (χ2n) is 3.86. The Morgan fingerprint density at radius 3 is 2.94 bits per heavy atom. The molecule has 0 spiro atoms. The number of aromatic nitrogens is 4. The van der Waals surface area contributed by atoms with E-state index in [1.165, 1.54) is 0 Å². The average Bonchev–Trinajstić information content (AvgIpc) is 2.87. The molecule has 0 bridgehead atoms. The second-order valence-corrected chi connectivity index (χ2v) is 3.86. The van der Waals surface area contributed by atoms with Crippen molar-refractivity contribution in [2.75, 3.05) is 5.32 Å². The summed E-state index contributed by atoms with van der Waals surface area (Å²) in [7, 11) is 0. The minimum atomic E-state index is 0.741. The molecule has 2 heterocycles. The Bertz CT molecular complexity index is 509. The number of hydrogen-bond donors (Lipinski definition) is 1. The molecule has 0 aliphatic carbocycles. The summed E-state index contributed by atoms with van der Waals surface area (Å²) in [5.74, 6) is 0.818. The van der Waals surface area contributed by atoms with Gasteiger partial charge in [-0.2, -0.15) is 5.10 Å². The maximum absolute atomic E-state index is 4.43. The van der Waals surface area contributed by atoms with Gasteiger partial charge < -0.3 is 9.88 Å². The van der Waals surface area contributed by atoms with Crippen LogP contribution in [0, 0.1) is 6.92 Å². The maximum atomic E-state index is 4.43. The molecule has 0 aromatic carbocycles. The standard InChI is InChI=1S/C12H17N5/c1-4-6-16-8-10(3)14-12(16)15-11-7-13-17(5-2)9-11/h4,7-9H,1,5-6H2,2-3H3,(H,14,15). The number of nitrogens with one attached hydrogen (secondary N) is 1. The fourth-order valence-electron chi connectivity index (χ4n) is 1.65. The van der Waals surface area contributed by atoms with Crippen LogP contribution in [0.4, 0.5) is 11.6 Å². The molecule has 0 atom stereocenters. The minimum absolute atomic E-state index is 0.741. The van der Waals surface area contributed by atoms with E-state index in [0.717, 1.165) is 30.4 Å². The van der Waals surface area contributed by atoms with Gasteiger partial charge in [-0.25, -0.2) is 4.98 Å². The van der Waals surface area contributed by atoms with Crippen molar-refractivity contribution in [1.82, 2.24) is 19.3 Å². The van der Waals surface area contributed by atoms with Gasteiger partial charge in [0.15, 0.2) is 0 Å². The van der Waals surface area contributed by atoms with Crippen molar-refractivity contribution < 1.29 is 0 Å². The van der Waals surface area contributed by atoms with Gasteiger partial charge in [-0.05, 0) is 13.8 Å². The lowest BCUT2D eigenvalue weighted by Crippen LogP contribution is -2.01. The Kier molecular flexibility index (Phi) is 3.27. The third-order valence-electron chi connectivity index (χ3n) is 2.44. The van der Waals surface area contributed by atoms with Gasteiger partial charge in [0.2, 0.25) is 5.95 Å². The summed E-state index contributed by atoms with van der Waals surface area (Å²) in [5.41, 5.74) is 1.93. The van der Waals surface area contributed by atoms with Crippen molar-refractivity contribution in [1.29, 1.82) is 0 Å². The molecule has 0 amide bonds. The lowest BCUT2D eigenvalue weighted by atomic mass is 10.5. The molecular formula is C12H17N5. The highest BCUT2D eigenvalue weighted by Crippen LogP contribution is 2.15. The first-order chi connectivity index (χ1) is 8.22. The fraction of sp³-hybridized carbons (Fsp3) is 0.333. The number of nitrogens with zero attached hydrogens (tertiary/aromatic N) is 4.